The van der Waals surface area contributed by atoms with Crippen LogP contribution in [-0.4, -0.2) is 178 Å². The van der Waals surface area contributed by atoms with Gasteiger partial charge < -0.3 is 61.3 Å². The molecule has 47 heavy (non-hydrogen) atoms. The Balaban J connectivity index is 3.11. The molecule has 0 rings (SSSR count). The first-order valence-electron chi connectivity index (χ1n) is 16.9. The van der Waals surface area contributed by atoms with E-state index in [2.05, 4.69) is 56.5 Å². The Hall–Kier alpha value is 0.427. The van der Waals surface area contributed by atoms with Gasteiger partial charge in [-0.25, -0.2) is 0 Å². The summed E-state index contributed by atoms with van der Waals surface area (Å²) in [6.07, 6.45) is 0. The molecular weight excluding hydrogens is 747 g/mol. The monoisotopic (exact) mass is 814 g/mol. The van der Waals surface area contributed by atoms with E-state index in [4.69, 9.17) is 61.3 Å². The average molecular weight is 815 g/mol. The van der Waals surface area contributed by atoms with Crippen molar-refractivity contribution < 1.29 is 61.3 Å². The van der Waals surface area contributed by atoms with Gasteiger partial charge in [-0.15, -0.1) is 0 Å². The van der Waals surface area contributed by atoms with E-state index in [0.29, 0.717) is 159 Å². The van der Waals surface area contributed by atoms with Gasteiger partial charge >= 0.3 is 0 Å². The van der Waals surface area contributed by atoms with Crippen molar-refractivity contribution in [2.45, 2.75) is 38.9 Å². The highest BCUT2D eigenvalue weighted by molar-refractivity contribution is 14.1. The third kappa shape index (κ3) is 36.0. The lowest BCUT2D eigenvalue weighted by Crippen LogP contribution is -2.41. The predicted molar refractivity (Wildman–Crippen MR) is 192 cm³/mol. The van der Waals surface area contributed by atoms with Gasteiger partial charge in [-0.1, -0.05) is 43.4 Å². The lowest BCUT2D eigenvalue weighted by Gasteiger charge is -2.36. The van der Waals surface area contributed by atoms with E-state index in [1.165, 1.54) is 0 Å². The van der Waals surface area contributed by atoms with Crippen molar-refractivity contribution in [3.63, 3.8) is 0 Å². The zero-order valence-electron chi connectivity index (χ0n) is 30.1. The van der Waals surface area contributed by atoms with Crippen LogP contribution in [0.4, 0.5) is 0 Å². The van der Waals surface area contributed by atoms with Gasteiger partial charge in [0.15, 0.2) is 8.32 Å². The van der Waals surface area contributed by atoms with Crippen LogP contribution in [0.1, 0.15) is 20.8 Å². The van der Waals surface area contributed by atoms with Crippen molar-refractivity contribution in [3.05, 3.63) is 0 Å². The molecule has 0 heterocycles. The molecule has 0 fully saturated rings. The first-order chi connectivity index (χ1) is 22.8. The average Bonchev–Trinajstić information content (AvgIpc) is 3.03. The largest absolute Gasteiger partial charge is 0.414 e. The summed E-state index contributed by atoms with van der Waals surface area (Å²) >= 11 is 2.28. The minimum Gasteiger partial charge on any atom is -0.414 e. The van der Waals surface area contributed by atoms with Crippen molar-refractivity contribution >= 4 is 30.9 Å². The molecule has 0 saturated heterocycles. The molecule has 0 N–H and O–H groups in total. The number of hydrogen-bond acceptors (Lipinski definition) is 13. The van der Waals surface area contributed by atoms with Gasteiger partial charge in [0, 0.05) is 4.43 Å². The molecule has 0 bridgehead atoms. The summed E-state index contributed by atoms with van der Waals surface area (Å²) in [7, 11) is -1.70. The summed E-state index contributed by atoms with van der Waals surface area (Å²) in [5.74, 6) is 0. The first-order valence-corrected chi connectivity index (χ1v) is 21.4. The van der Waals surface area contributed by atoms with E-state index in [1.807, 2.05) is 0 Å². The Kier molecular flexibility index (Phi) is 36.6. The molecule has 15 heteroatoms. The van der Waals surface area contributed by atoms with E-state index in [0.717, 1.165) is 11.0 Å². The van der Waals surface area contributed by atoms with E-state index >= 15 is 0 Å². The molecule has 0 saturated carbocycles. The minimum atomic E-state index is -1.70. The van der Waals surface area contributed by atoms with Crippen LogP contribution in [0.2, 0.25) is 18.1 Å². The molecule has 0 aromatic rings. The Morgan fingerprint density at radius 3 is 0.660 bits per heavy atom. The first kappa shape index (κ1) is 47.4. The van der Waals surface area contributed by atoms with Crippen molar-refractivity contribution in [2.75, 3.05) is 170 Å². The van der Waals surface area contributed by atoms with Crippen molar-refractivity contribution in [3.8, 4) is 0 Å². The van der Waals surface area contributed by atoms with Gasteiger partial charge in [0.25, 0.3) is 0 Å². The van der Waals surface area contributed by atoms with Gasteiger partial charge in [-0.3, -0.25) is 0 Å². The standard InChI is InChI=1S/C32H67IO13Si/c1-32(2,3)47(4,5)46-31-30-45-29-28-44-27-26-43-25-24-42-23-22-41-21-20-40-19-18-39-17-16-38-15-14-37-13-12-36-11-10-35-9-8-34-7-6-33/h6-31H2,1-5H3. The molecule has 13 nitrogen and oxygen atoms in total. The van der Waals surface area contributed by atoms with E-state index in [-0.39, 0.29) is 5.04 Å². The number of hydrogen-bond donors (Lipinski definition) is 0. The quantitative estimate of drug-likeness (QED) is 0.0390. The molecule has 0 aromatic heterocycles. The summed E-state index contributed by atoms with van der Waals surface area (Å²) in [4.78, 5) is 0. The van der Waals surface area contributed by atoms with E-state index < -0.39 is 8.32 Å². The summed E-state index contributed by atoms with van der Waals surface area (Å²) in [6.45, 7) is 25.0. The fraction of sp³-hybridized carbons (Fsp3) is 1.00. The third-order valence-electron chi connectivity index (χ3n) is 6.81. The van der Waals surface area contributed by atoms with Crippen molar-refractivity contribution in [2.24, 2.45) is 0 Å². The zero-order chi connectivity index (χ0) is 34.6. The molecule has 0 aliphatic carbocycles. The Bertz CT molecular complexity index is 618. The lowest BCUT2D eigenvalue weighted by atomic mass is 10.2. The van der Waals surface area contributed by atoms with Crippen LogP contribution >= 0.6 is 22.6 Å². The second kappa shape index (κ2) is 36.2. The van der Waals surface area contributed by atoms with Gasteiger partial charge in [0.1, 0.15) is 0 Å². The van der Waals surface area contributed by atoms with Crippen LogP contribution in [0.3, 0.4) is 0 Å². The number of halogens is 1. The van der Waals surface area contributed by atoms with Crippen LogP contribution in [0, 0.1) is 0 Å². The Morgan fingerprint density at radius 2 is 0.489 bits per heavy atom. The molecular formula is C32H67IO13Si. The molecule has 284 valence electrons. The highest BCUT2D eigenvalue weighted by Crippen LogP contribution is 2.36. The fourth-order valence-electron chi connectivity index (χ4n) is 3.15. The SMILES string of the molecule is CC(C)(C)[Si](C)(C)OCCOCCOCCOCCOCCOCCOCCOCCOCCOCCOCCOCCOCCI. The Labute approximate surface area is 299 Å². The van der Waals surface area contributed by atoms with E-state index in [1.54, 1.807) is 0 Å². The molecule has 0 aliphatic rings. The maximum Gasteiger partial charge on any atom is 0.192 e. The smallest absolute Gasteiger partial charge is 0.192 e. The highest BCUT2D eigenvalue weighted by atomic mass is 127. The molecule has 0 spiro atoms. The molecule has 0 radical (unpaired) electrons. The molecule has 0 aromatic carbocycles. The summed E-state index contributed by atoms with van der Waals surface area (Å²) in [5, 5.41) is 0.217. The van der Waals surface area contributed by atoms with Gasteiger partial charge in [-0.05, 0) is 18.1 Å². The highest BCUT2D eigenvalue weighted by Gasteiger charge is 2.36. The van der Waals surface area contributed by atoms with Crippen molar-refractivity contribution in [1.29, 1.82) is 0 Å². The fourth-order valence-corrected chi connectivity index (χ4v) is 4.49. The second-order valence-electron chi connectivity index (χ2n) is 11.6. The topological polar surface area (TPSA) is 120 Å². The third-order valence-corrected chi connectivity index (χ3v) is 11.8. The number of ether oxygens (including phenoxy) is 12. The Morgan fingerprint density at radius 1 is 0.319 bits per heavy atom. The van der Waals surface area contributed by atoms with Crippen molar-refractivity contribution in [1.82, 2.24) is 0 Å². The van der Waals surface area contributed by atoms with Crippen LogP contribution < -0.4 is 0 Å². The molecule has 0 amide bonds. The summed E-state index contributed by atoms with van der Waals surface area (Å²) < 4.78 is 72.8. The van der Waals surface area contributed by atoms with Crippen LogP contribution in [0.5, 0.6) is 0 Å². The molecule has 0 aliphatic heterocycles. The number of rotatable bonds is 39. The summed E-state index contributed by atoms with van der Waals surface area (Å²) in [6, 6.07) is 0. The second-order valence-corrected chi connectivity index (χ2v) is 17.5. The molecule has 0 unspecified atom stereocenters. The van der Waals surface area contributed by atoms with Gasteiger partial charge in [-0.2, -0.15) is 0 Å². The number of alkyl halides is 1. The van der Waals surface area contributed by atoms with Gasteiger partial charge in [0.05, 0.1) is 165 Å². The maximum atomic E-state index is 6.08. The lowest BCUT2D eigenvalue weighted by molar-refractivity contribution is -0.0284. The normalized spacial score (nSPS) is 12.4. The van der Waals surface area contributed by atoms with Crippen LogP contribution in [0.15, 0.2) is 0 Å². The maximum absolute atomic E-state index is 6.08. The predicted octanol–water partition coefficient (Wildman–Crippen LogP) is 3.64. The van der Waals surface area contributed by atoms with E-state index in [9.17, 15) is 0 Å². The van der Waals surface area contributed by atoms with Crippen LogP contribution in [0.25, 0.3) is 0 Å². The zero-order valence-corrected chi connectivity index (χ0v) is 33.2. The minimum absolute atomic E-state index is 0.217. The van der Waals surface area contributed by atoms with Gasteiger partial charge in [0.2, 0.25) is 0 Å². The molecule has 0 atom stereocenters. The summed E-state index contributed by atoms with van der Waals surface area (Å²) in [5.41, 5.74) is 0. The van der Waals surface area contributed by atoms with Crippen LogP contribution in [-0.2, 0) is 61.3 Å².